The second-order valence-electron chi connectivity index (χ2n) is 7.17. The predicted molar refractivity (Wildman–Crippen MR) is 115 cm³/mol. The molecule has 1 N–H and O–H groups in total. The summed E-state index contributed by atoms with van der Waals surface area (Å²) in [7, 11) is 0. The third-order valence-electron chi connectivity index (χ3n) is 5.21. The molecule has 0 fully saturated rings. The van der Waals surface area contributed by atoms with E-state index in [-0.39, 0.29) is 0 Å². The standard InChI is InChI=1S/C26H23N/c1-18-14-15-19(2)25(16-18)26(27)24-13-6-4-9-22(24)17-21-11-7-10-20-8-3-5-12-23(20)21/h3-16,27H,17H2,1-2H3. The van der Waals surface area contributed by atoms with E-state index in [1.165, 1.54) is 27.5 Å². The minimum Gasteiger partial charge on any atom is -0.300 e. The summed E-state index contributed by atoms with van der Waals surface area (Å²) in [6.07, 6.45) is 0.824. The Bertz CT molecular complexity index is 1130. The third kappa shape index (κ3) is 3.41. The Hall–Kier alpha value is -3.19. The van der Waals surface area contributed by atoms with Crippen molar-refractivity contribution in [2.24, 2.45) is 0 Å². The van der Waals surface area contributed by atoms with E-state index in [1.54, 1.807) is 0 Å². The average molecular weight is 349 g/mol. The van der Waals surface area contributed by atoms with Gasteiger partial charge in [-0.15, -0.1) is 0 Å². The zero-order chi connectivity index (χ0) is 18.8. The van der Waals surface area contributed by atoms with Crippen LogP contribution in [0.1, 0.15) is 33.4 Å². The molecule has 1 heteroatoms. The van der Waals surface area contributed by atoms with Gasteiger partial charge in [-0.2, -0.15) is 0 Å². The van der Waals surface area contributed by atoms with E-state index in [1.807, 2.05) is 6.07 Å². The lowest BCUT2D eigenvalue weighted by Gasteiger charge is -2.14. The number of nitrogens with one attached hydrogen (secondary N) is 1. The largest absolute Gasteiger partial charge is 0.300 e. The van der Waals surface area contributed by atoms with E-state index in [2.05, 4.69) is 92.7 Å². The molecule has 0 saturated carbocycles. The minimum absolute atomic E-state index is 0.604. The Kier molecular flexibility index (Phi) is 4.60. The van der Waals surface area contributed by atoms with Gasteiger partial charge in [-0.3, -0.25) is 5.41 Å². The first-order chi connectivity index (χ1) is 13.1. The summed E-state index contributed by atoms with van der Waals surface area (Å²) in [4.78, 5) is 0. The van der Waals surface area contributed by atoms with E-state index in [0.717, 1.165) is 23.1 Å². The first-order valence-corrected chi connectivity index (χ1v) is 9.34. The molecule has 0 aliphatic rings. The Morgan fingerprint density at radius 1 is 0.704 bits per heavy atom. The lowest BCUT2D eigenvalue weighted by molar-refractivity contribution is 1.20. The van der Waals surface area contributed by atoms with E-state index < -0.39 is 0 Å². The zero-order valence-electron chi connectivity index (χ0n) is 15.8. The topological polar surface area (TPSA) is 23.9 Å². The van der Waals surface area contributed by atoms with Gasteiger partial charge in [0.2, 0.25) is 0 Å². The minimum atomic E-state index is 0.604. The van der Waals surface area contributed by atoms with Gasteiger partial charge in [-0.05, 0) is 53.8 Å². The van der Waals surface area contributed by atoms with E-state index >= 15 is 0 Å². The molecule has 4 aromatic carbocycles. The fourth-order valence-electron chi connectivity index (χ4n) is 3.72. The van der Waals surface area contributed by atoms with Crippen LogP contribution < -0.4 is 0 Å². The molecule has 1 nitrogen and oxygen atoms in total. The molecule has 132 valence electrons. The monoisotopic (exact) mass is 349 g/mol. The molecule has 4 rings (SSSR count). The smallest absolute Gasteiger partial charge is 0.0690 e. The summed E-state index contributed by atoms with van der Waals surface area (Å²) in [6, 6.07) is 29.6. The maximum Gasteiger partial charge on any atom is 0.0690 e. The Labute approximate surface area is 160 Å². The molecule has 0 radical (unpaired) electrons. The number of rotatable bonds is 4. The van der Waals surface area contributed by atoms with E-state index in [0.29, 0.717) is 5.71 Å². The lowest BCUT2D eigenvalue weighted by atomic mass is 9.90. The first kappa shape index (κ1) is 17.2. The number of hydrogen-bond donors (Lipinski definition) is 1. The maximum atomic E-state index is 8.88. The van der Waals surface area contributed by atoms with Crippen LogP contribution in [0.2, 0.25) is 0 Å². The Morgan fingerprint density at radius 2 is 1.41 bits per heavy atom. The highest BCUT2D eigenvalue weighted by Gasteiger charge is 2.13. The molecule has 0 aliphatic heterocycles. The molecule has 0 unspecified atom stereocenters. The van der Waals surface area contributed by atoms with Crippen molar-refractivity contribution in [1.29, 1.82) is 5.41 Å². The second-order valence-corrected chi connectivity index (χ2v) is 7.17. The van der Waals surface area contributed by atoms with Crippen molar-refractivity contribution in [3.63, 3.8) is 0 Å². The van der Waals surface area contributed by atoms with E-state index in [9.17, 15) is 0 Å². The van der Waals surface area contributed by atoms with Crippen molar-refractivity contribution in [2.45, 2.75) is 20.3 Å². The fraction of sp³-hybridized carbons (Fsp3) is 0.115. The highest BCUT2D eigenvalue weighted by molar-refractivity contribution is 6.12. The van der Waals surface area contributed by atoms with Crippen LogP contribution in [0, 0.1) is 19.3 Å². The molecule has 0 aromatic heterocycles. The lowest BCUT2D eigenvalue weighted by Crippen LogP contribution is -2.08. The summed E-state index contributed by atoms with van der Waals surface area (Å²) in [6.45, 7) is 4.16. The Morgan fingerprint density at radius 3 is 2.30 bits per heavy atom. The van der Waals surface area contributed by atoms with Gasteiger partial charge in [-0.25, -0.2) is 0 Å². The molecule has 0 aliphatic carbocycles. The van der Waals surface area contributed by atoms with Gasteiger partial charge in [0, 0.05) is 11.1 Å². The zero-order valence-corrected chi connectivity index (χ0v) is 15.8. The van der Waals surface area contributed by atoms with Gasteiger partial charge >= 0.3 is 0 Å². The fourth-order valence-corrected chi connectivity index (χ4v) is 3.72. The average Bonchev–Trinajstić information content (AvgIpc) is 2.70. The van der Waals surface area contributed by atoms with Crippen LogP contribution in [0.15, 0.2) is 84.9 Å². The molecule has 0 amide bonds. The van der Waals surface area contributed by atoms with Crippen LogP contribution in [0.3, 0.4) is 0 Å². The van der Waals surface area contributed by atoms with Crippen LogP contribution in [0.5, 0.6) is 0 Å². The normalized spacial score (nSPS) is 10.9. The molecular weight excluding hydrogens is 326 g/mol. The molecule has 0 saturated heterocycles. The molecule has 0 atom stereocenters. The molecule has 4 aromatic rings. The number of hydrogen-bond acceptors (Lipinski definition) is 1. The number of fused-ring (bicyclic) bond motifs is 1. The van der Waals surface area contributed by atoms with Crippen LogP contribution >= 0.6 is 0 Å². The first-order valence-electron chi connectivity index (χ1n) is 9.34. The summed E-state index contributed by atoms with van der Waals surface area (Å²) in [5.74, 6) is 0. The quantitative estimate of drug-likeness (QED) is 0.409. The molecule has 0 bridgehead atoms. The summed E-state index contributed by atoms with van der Waals surface area (Å²) in [5.41, 5.74) is 7.46. The molecule has 27 heavy (non-hydrogen) atoms. The summed E-state index contributed by atoms with van der Waals surface area (Å²) < 4.78 is 0. The Balaban J connectivity index is 1.77. The van der Waals surface area contributed by atoms with Gasteiger partial charge in [-0.1, -0.05) is 84.4 Å². The highest BCUT2D eigenvalue weighted by Crippen LogP contribution is 2.25. The predicted octanol–water partition coefficient (Wildman–Crippen LogP) is 6.46. The van der Waals surface area contributed by atoms with Crippen molar-refractivity contribution in [1.82, 2.24) is 0 Å². The second kappa shape index (κ2) is 7.20. The third-order valence-corrected chi connectivity index (χ3v) is 5.21. The van der Waals surface area contributed by atoms with Crippen LogP contribution in [0.25, 0.3) is 10.8 Å². The van der Waals surface area contributed by atoms with Crippen molar-refractivity contribution in [2.75, 3.05) is 0 Å². The summed E-state index contributed by atoms with van der Waals surface area (Å²) >= 11 is 0. The number of aryl methyl sites for hydroxylation is 2. The summed E-state index contributed by atoms with van der Waals surface area (Å²) in [5, 5.41) is 11.4. The molecule has 0 heterocycles. The molecular formula is C26H23N. The maximum absolute atomic E-state index is 8.88. The highest BCUT2D eigenvalue weighted by atomic mass is 14.4. The van der Waals surface area contributed by atoms with Gasteiger partial charge in [0.1, 0.15) is 0 Å². The van der Waals surface area contributed by atoms with Gasteiger partial charge < -0.3 is 0 Å². The van der Waals surface area contributed by atoms with Gasteiger partial charge in [0.05, 0.1) is 5.71 Å². The van der Waals surface area contributed by atoms with Crippen molar-refractivity contribution in [3.8, 4) is 0 Å². The van der Waals surface area contributed by atoms with Gasteiger partial charge in [0.25, 0.3) is 0 Å². The van der Waals surface area contributed by atoms with Crippen LogP contribution in [0.4, 0.5) is 0 Å². The van der Waals surface area contributed by atoms with Crippen molar-refractivity contribution >= 4 is 16.5 Å². The van der Waals surface area contributed by atoms with E-state index in [4.69, 9.17) is 5.41 Å². The SMILES string of the molecule is Cc1ccc(C)c(C(=N)c2ccccc2Cc2cccc3ccccc23)c1. The van der Waals surface area contributed by atoms with Crippen LogP contribution in [-0.2, 0) is 6.42 Å². The van der Waals surface area contributed by atoms with Crippen molar-refractivity contribution in [3.05, 3.63) is 118 Å². The number of benzene rings is 4. The van der Waals surface area contributed by atoms with Crippen LogP contribution in [-0.4, -0.2) is 5.71 Å². The van der Waals surface area contributed by atoms with Gasteiger partial charge in [0.15, 0.2) is 0 Å². The molecule has 0 spiro atoms. The van der Waals surface area contributed by atoms with Crippen molar-refractivity contribution < 1.29 is 0 Å².